The zero-order chi connectivity index (χ0) is 14.4. The molecule has 2 N–H and O–H groups in total. The molecule has 0 atom stereocenters. The normalized spacial score (nSPS) is 13.2. The number of nitrogens with zero attached hydrogens (tertiary/aromatic N) is 2. The smallest absolute Gasteiger partial charge is 0.257 e. The number of aliphatic hydroxyl groups is 1. The molecule has 6 heteroatoms. The molecule has 0 radical (unpaired) electrons. The van der Waals surface area contributed by atoms with Gasteiger partial charge in [-0.3, -0.25) is 14.2 Å². The van der Waals surface area contributed by atoms with Gasteiger partial charge in [-0.2, -0.15) is 0 Å². The maximum atomic E-state index is 11.6. The molecule has 1 heterocycles. The summed E-state index contributed by atoms with van der Waals surface area (Å²) in [6, 6.07) is 0. The highest BCUT2D eigenvalue weighted by Crippen LogP contribution is 1.87. The second-order valence-electron chi connectivity index (χ2n) is 2.84. The quantitative estimate of drug-likeness (QED) is 0.643. The molecule has 0 amide bonds. The molecule has 0 saturated carbocycles. The molecule has 0 unspecified atom stereocenters. The van der Waals surface area contributed by atoms with Gasteiger partial charge in [0, 0.05) is 31.0 Å². The first-order valence-corrected chi connectivity index (χ1v) is 4.56. The number of allylic oxidation sites excluding steroid dienone is 1. The number of nitrogens with one attached hydrogen (secondary N) is 1. The standard InChI is InChI=1S/C10H13N3O3/c14-6-2-9(15)7-11-3-1-10(16)13-5-4-12-8-13/h1,3-5,8,11,14H,2,6-7H2/b3-1+/i4D,5D,8D. The number of hydrogen-bond acceptors (Lipinski definition) is 5. The van der Waals surface area contributed by atoms with E-state index in [0.29, 0.717) is 4.57 Å². The van der Waals surface area contributed by atoms with Crippen LogP contribution in [-0.2, 0) is 4.79 Å². The van der Waals surface area contributed by atoms with Crippen molar-refractivity contribution >= 4 is 11.7 Å². The number of rotatable bonds is 6. The molecular formula is C10H13N3O3. The Morgan fingerprint density at radius 2 is 2.44 bits per heavy atom. The average Bonchev–Trinajstić information content (AvgIpc) is 2.59. The van der Waals surface area contributed by atoms with Crippen molar-refractivity contribution in [3.8, 4) is 0 Å². The molecule has 1 aromatic rings. The van der Waals surface area contributed by atoms with Gasteiger partial charge in [-0.25, -0.2) is 4.98 Å². The van der Waals surface area contributed by atoms with Gasteiger partial charge in [0.1, 0.15) is 7.67 Å². The maximum Gasteiger partial charge on any atom is 0.257 e. The van der Waals surface area contributed by atoms with Crippen LogP contribution in [0.4, 0.5) is 0 Å². The third-order valence-corrected chi connectivity index (χ3v) is 1.62. The van der Waals surface area contributed by atoms with E-state index in [0.717, 1.165) is 6.08 Å². The van der Waals surface area contributed by atoms with Gasteiger partial charge in [0.2, 0.25) is 0 Å². The first-order valence-electron chi connectivity index (χ1n) is 6.06. The Kier molecular flexibility index (Phi) is 3.35. The molecule has 0 aromatic carbocycles. The topological polar surface area (TPSA) is 84.2 Å². The van der Waals surface area contributed by atoms with Crippen LogP contribution in [0.15, 0.2) is 30.9 Å². The van der Waals surface area contributed by atoms with E-state index in [1.165, 1.54) is 6.20 Å². The van der Waals surface area contributed by atoms with Crippen LogP contribution in [0.2, 0.25) is 0 Å². The summed E-state index contributed by atoms with van der Waals surface area (Å²) >= 11 is 0. The number of aromatic nitrogens is 2. The van der Waals surface area contributed by atoms with Crippen molar-refractivity contribution in [1.82, 2.24) is 14.9 Å². The predicted octanol–water partition coefficient (Wildman–Crippen LogP) is -0.422. The van der Waals surface area contributed by atoms with Crippen LogP contribution >= 0.6 is 0 Å². The number of imidazole rings is 1. The van der Waals surface area contributed by atoms with Gasteiger partial charge in [0.05, 0.1) is 15.9 Å². The summed E-state index contributed by atoms with van der Waals surface area (Å²) in [6.07, 6.45) is 0.880. The Hall–Kier alpha value is -1.95. The second kappa shape index (κ2) is 6.52. The van der Waals surface area contributed by atoms with Crippen LogP contribution in [0.5, 0.6) is 0 Å². The second-order valence-corrected chi connectivity index (χ2v) is 2.84. The molecule has 86 valence electrons. The van der Waals surface area contributed by atoms with Crippen molar-refractivity contribution in [3.05, 3.63) is 30.9 Å². The first-order chi connectivity index (χ1) is 8.97. The molecule has 1 rings (SSSR count). The van der Waals surface area contributed by atoms with E-state index in [4.69, 9.17) is 9.22 Å². The first kappa shape index (κ1) is 8.23. The van der Waals surface area contributed by atoms with Crippen molar-refractivity contribution in [2.45, 2.75) is 6.42 Å². The minimum Gasteiger partial charge on any atom is -0.396 e. The van der Waals surface area contributed by atoms with Gasteiger partial charge < -0.3 is 10.4 Å². The van der Waals surface area contributed by atoms with Crippen molar-refractivity contribution in [1.29, 1.82) is 0 Å². The molecule has 0 aliphatic heterocycles. The predicted molar refractivity (Wildman–Crippen MR) is 56.7 cm³/mol. The van der Waals surface area contributed by atoms with E-state index in [-0.39, 0.29) is 25.4 Å². The lowest BCUT2D eigenvalue weighted by atomic mass is 10.3. The fourth-order valence-corrected chi connectivity index (χ4v) is 0.870. The van der Waals surface area contributed by atoms with Crippen LogP contribution < -0.4 is 5.32 Å². The Morgan fingerprint density at radius 1 is 1.62 bits per heavy atom. The fraction of sp³-hybridized carbons (Fsp3) is 0.300. The molecule has 0 aliphatic rings. The molecule has 0 fully saturated rings. The van der Waals surface area contributed by atoms with E-state index in [1.807, 2.05) is 0 Å². The fourth-order valence-electron chi connectivity index (χ4n) is 0.870. The van der Waals surface area contributed by atoms with Crippen molar-refractivity contribution in [2.24, 2.45) is 0 Å². The molecule has 0 bridgehead atoms. The molecule has 6 nitrogen and oxygen atoms in total. The van der Waals surface area contributed by atoms with Crippen molar-refractivity contribution in [3.63, 3.8) is 0 Å². The van der Waals surface area contributed by atoms with E-state index in [2.05, 4.69) is 10.3 Å². The lowest BCUT2D eigenvalue weighted by Crippen LogP contribution is -2.19. The molecule has 0 spiro atoms. The molecule has 1 aromatic heterocycles. The molecule has 0 saturated heterocycles. The van der Waals surface area contributed by atoms with Crippen LogP contribution in [0.25, 0.3) is 0 Å². The Balaban J connectivity index is 2.58. The summed E-state index contributed by atoms with van der Waals surface area (Å²) in [4.78, 5) is 26.0. The molecular weight excluding hydrogens is 210 g/mol. The van der Waals surface area contributed by atoms with Crippen LogP contribution in [0, 0.1) is 0 Å². The number of ketones is 1. The SMILES string of the molecule is [2H]c1nc([2H])n(C(=O)/C=C/NCC(=O)CCO)c1[2H]. The Morgan fingerprint density at radius 3 is 3.06 bits per heavy atom. The monoisotopic (exact) mass is 226 g/mol. The summed E-state index contributed by atoms with van der Waals surface area (Å²) in [6.45, 7) is -0.256. The lowest BCUT2D eigenvalue weighted by Gasteiger charge is -1.98. The van der Waals surface area contributed by atoms with E-state index in [9.17, 15) is 9.59 Å². The summed E-state index contributed by atoms with van der Waals surface area (Å²) < 4.78 is 22.6. The summed E-state index contributed by atoms with van der Waals surface area (Å²) in [5, 5.41) is 11.1. The third kappa shape index (κ3) is 4.05. The Labute approximate surface area is 96.8 Å². The number of carbonyl (C=O) groups is 2. The van der Waals surface area contributed by atoms with Gasteiger partial charge >= 0.3 is 0 Å². The summed E-state index contributed by atoms with van der Waals surface area (Å²) in [7, 11) is 0. The van der Waals surface area contributed by atoms with Crippen LogP contribution in [-0.4, -0.2) is 39.5 Å². The molecule has 0 aliphatic carbocycles. The van der Waals surface area contributed by atoms with E-state index >= 15 is 0 Å². The number of aliphatic hydroxyl groups excluding tert-OH is 1. The van der Waals surface area contributed by atoms with Crippen LogP contribution in [0.3, 0.4) is 0 Å². The van der Waals surface area contributed by atoms with Crippen molar-refractivity contribution < 1.29 is 18.8 Å². The largest absolute Gasteiger partial charge is 0.396 e. The minimum absolute atomic E-state index is 0.0283. The highest BCUT2D eigenvalue weighted by Gasteiger charge is 1.99. The van der Waals surface area contributed by atoms with Crippen molar-refractivity contribution in [2.75, 3.05) is 13.2 Å². The van der Waals surface area contributed by atoms with Gasteiger partial charge in [-0.1, -0.05) is 0 Å². The van der Waals surface area contributed by atoms with Gasteiger partial charge in [-0.15, -0.1) is 0 Å². The highest BCUT2D eigenvalue weighted by atomic mass is 16.3. The maximum absolute atomic E-state index is 11.6. The summed E-state index contributed by atoms with van der Waals surface area (Å²) in [5.41, 5.74) is 0. The number of Topliss-reactive ketones (excluding diaryl/α,β-unsaturated/α-hetero) is 1. The van der Waals surface area contributed by atoms with Gasteiger partial charge in [0.15, 0.2) is 5.78 Å². The average molecular weight is 226 g/mol. The highest BCUT2D eigenvalue weighted by molar-refractivity contribution is 5.89. The third-order valence-electron chi connectivity index (χ3n) is 1.62. The van der Waals surface area contributed by atoms with Gasteiger partial charge in [0.25, 0.3) is 5.91 Å². The van der Waals surface area contributed by atoms with E-state index in [1.54, 1.807) is 0 Å². The van der Waals surface area contributed by atoms with E-state index < -0.39 is 24.6 Å². The minimum atomic E-state index is -0.705. The lowest BCUT2D eigenvalue weighted by molar-refractivity contribution is -0.118. The zero-order valence-electron chi connectivity index (χ0n) is 11.4. The molecule has 16 heavy (non-hydrogen) atoms. The number of carbonyl (C=O) groups excluding carboxylic acids is 2. The van der Waals surface area contributed by atoms with Gasteiger partial charge in [-0.05, 0) is 0 Å². The summed E-state index contributed by atoms with van der Waals surface area (Å²) in [5.74, 6) is -0.916. The number of hydrogen-bond donors (Lipinski definition) is 2. The van der Waals surface area contributed by atoms with Crippen LogP contribution in [0.1, 0.15) is 15.3 Å². The zero-order valence-corrected chi connectivity index (χ0v) is 8.43. The Bertz CT molecular complexity index is 514.